The third kappa shape index (κ3) is 3.10. The molecule has 2 aromatic carbocycles. The summed E-state index contributed by atoms with van der Waals surface area (Å²) in [4.78, 5) is 7.07. The zero-order valence-corrected chi connectivity index (χ0v) is 14.0. The molecule has 4 nitrogen and oxygen atoms in total. The van der Waals surface area contributed by atoms with Crippen LogP contribution in [0.15, 0.2) is 54.6 Å². The first-order chi connectivity index (χ1) is 11.8. The molecule has 2 heterocycles. The van der Waals surface area contributed by atoms with Crippen molar-refractivity contribution < 1.29 is 0 Å². The van der Waals surface area contributed by atoms with Crippen LogP contribution in [0, 0.1) is 6.92 Å². The second-order valence-electron chi connectivity index (χ2n) is 6.38. The molecule has 3 aromatic rings. The Labute approximate surface area is 142 Å². The van der Waals surface area contributed by atoms with Gasteiger partial charge < -0.3 is 0 Å². The number of likely N-dealkylation sites (tertiary alicyclic amines) is 1. The molecule has 0 saturated carbocycles. The molecule has 0 spiro atoms. The average Bonchev–Trinajstić information content (AvgIpc) is 3.26. The molecule has 0 unspecified atom stereocenters. The standard InChI is InChI=1S/C20H22N4/c1-16-21-20(15-23-13-5-6-14-23)22-24(16)19-11-9-18(10-12-19)17-7-3-2-4-8-17/h2-4,7-12H,5-6,13-15H2,1H3. The minimum absolute atomic E-state index is 0.857. The Kier molecular flexibility index (Phi) is 4.13. The molecule has 0 bridgehead atoms. The number of hydrogen-bond donors (Lipinski definition) is 0. The second kappa shape index (κ2) is 6.57. The quantitative estimate of drug-likeness (QED) is 0.733. The third-order valence-electron chi connectivity index (χ3n) is 4.60. The molecule has 1 aromatic heterocycles. The van der Waals surface area contributed by atoms with Gasteiger partial charge in [0.25, 0.3) is 0 Å². The van der Waals surface area contributed by atoms with Gasteiger partial charge in [0.1, 0.15) is 5.82 Å². The van der Waals surface area contributed by atoms with Gasteiger partial charge in [-0.1, -0.05) is 42.5 Å². The van der Waals surface area contributed by atoms with E-state index >= 15 is 0 Å². The van der Waals surface area contributed by atoms with E-state index in [4.69, 9.17) is 5.10 Å². The van der Waals surface area contributed by atoms with Gasteiger partial charge in [-0.25, -0.2) is 9.67 Å². The number of nitrogens with zero attached hydrogens (tertiary/aromatic N) is 4. The Bertz CT molecular complexity index is 799. The first-order valence-electron chi connectivity index (χ1n) is 8.60. The smallest absolute Gasteiger partial charge is 0.165 e. The largest absolute Gasteiger partial charge is 0.296 e. The van der Waals surface area contributed by atoms with Gasteiger partial charge in [0.05, 0.1) is 12.2 Å². The topological polar surface area (TPSA) is 34.0 Å². The van der Waals surface area contributed by atoms with E-state index in [1.165, 1.54) is 37.1 Å². The van der Waals surface area contributed by atoms with E-state index < -0.39 is 0 Å². The molecule has 1 aliphatic rings. The molecule has 1 aliphatic heterocycles. The molecular formula is C20H22N4. The molecular weight excluding hydrogens is 296 g/mol. The highest BCUT2D eigenvalue weighted by molar-refractivity contribution is 5.64. The van der Waals surface area contributed by atoms with E-state index in [0.717, 1.165) is 23.9 Å². The summed E-state index contributed by atoms with van der Waals surface area (Å²) < 4.78 is 1.94. The van der Waals surface area contributed by atoms with Crippen LogP contribution in [-0.4, -0.2) is 32.8 Å². The Balaban J connectivity index is 1.56. The first-order valence-corrected chi connectivity index (χ1v) is 8.60. The van der Waals surface area contributed by atoms with Crippen molar-refractivity contribution in [3.63, 3.8) is 0 Å². The molecule has 4 rings (SSSR count). The second-order valence-corrected chi connectivity index (χ2v) is 6.38. The van der Waals surface area contributed by atoms with E-state index in [1.54, 1.807) is 0 Å². The van der Waals surface area contributed by atoms with Crippen LogP contribution in [0.4, 0.5) is 0 Å². The van der Waals surface area contributed by atoms with Crippen molar-refractivity contribution in [1.82, 2.24) is 19.7 Å². The fraction of sp³-hybridized carbons (Fsp3) is 0.300. The van der Waals surface area contributed by atoms with Crippen LogP contribution in [0.1, 0.15) is 24.5 Å². The van der Waals surface area contributed by atoms with E-state index in [9.17, 15) is 0 Å². The maximum atomic E-state index is 4.71. The van der Waals surface area contributed by atoms with Crippen molar-refractivity contribution in [3.05, 3.63) is 66.2 Å². The van der Waals surface area contributed by atoms with E-state index in [-0.39, 0.29) is 0 Å². The molecule has 0 aliphatic carbocycles. The molecule has 1 saturated heterocycles. The first kappa shape index (κ1) is 15.1. The van der Waals surface area contributed by atoms with Gasteiger partial charge in [-0.05, 0) is 56.1 Å². The maximum Gasteiger partial charge on any atom is 0.165 e. The van der Waals surface area contributed by atoms with Crippen LogP contribution in [0.25, 0.3) is 16.8 Å². The van der Waals surface area contributed by atoms with Crippen molar-refractivity contribution in [2.24, 2.45) is 0 Å². The van der Waals surface area contributed by atoms with Gasteiger partial charge in [0, 0.05) is 0 Å². The summed E-state index contributed by atoms with van der Waals surface area (Å²) in [5.74, 6) is 1.86. The molecule has 1 fully saturated rings. The van der Waals surface area contributed by atoms with Gasteiger partial charge in [0.15, 0.2) is 5.82 Å². The van der Waals surface area contributed by atoms with Crippen molar-refractivity contribution in [3.8, 4) is 16.8 Å². The monoisotopic (exact) mass is 318 g/mol. The van der Waals surface area contributed by atoms with E-state index in [0.29, 0.717) is 0 Å². The van der Waals surface area contributed by atoms with E-state index in [1.807, 2.05) is 17.7 Å². The normalized spacial score (nSPS) is 15.0. The summed E-state index contributed by atoms with van der Waals surface area (Å²) in [6.07, 6.45) is 2.58. The Morgan fingerprint density at radius 2 is 1.54 bits per heavy atom. The number of rotatable bonds is 4. The summed E-state index contributed by atoms with van der Waals surface area (Å²) in [6.45, 7) is 5.21. The van der Waals surface area contributed by atoms with Crippen molar-refractivity contribution in [1.29, 1.82) is 0 Å². The highest BCUT2D eigenvalue weighted by atomic mass is 15.4. The zero-order chi connectivity index (χ0) is 16.4. The highest BCUT2D eigenvalue weighted by Gasteiger charge is 2.15. The van der Waals surface area contributed by atoms with Gasteiger partial charge in [-0.15, -0.1) is 5.10 Å². The number of aryl methyl sites for hydroxylation is 1. The Morgan fingerprint density at radius 3 is 2.25 bits per heavy atom. The van der Waals surface area contributed by atoms with Crippen LogP contribution in [0.2, 0.25) is 0 Å². The third-order valence-corrected chi connectivity index (χ3v) is 4.60. The maximum absolute atomic E-state index is 4.71. The fourth-order valence-corrected chi connectivity index (χ4v) is 3.32. The molecule has 0 N–H and O–H groups in total. The zero-order valence-electron chi connectivity index (χ0n) is 14.0. The summed E-state index contributed by atoms with van der Waals surface area (Å²) in [5.41, 5.74) is 3.51. The molecule has 0 amide bonds. The lowest BCUT2D eigenvalue weighted by Gasteiger charge is -2.10. The van der Waals surface area contributed by atoms with Crippen LogP contribution in [-0.2, 0) is 6.54 Å². The lowest BCUT2D eigenvalue weighted by atomic mass is 10.1. The van der Waals surface area contributed by atoms with Gasteiger partial charge in [-0.2, -0.15) is 0 Å². The van der Waals surface area contributed by atoms with Gasteiger partial charge in [0.2, 0.25) is 0 Å². The number of aromatic nitrogens is 3. The van der Waals surface area contributed by atoms with Crippen LogP contribution in [0.3, 0.4) is 0 Å². The lowest BCUT2D eigenvalue weighted by Crippen LogP contribution is -2.19. The van der Waals surface area contributed by atoms with Gasteiger partial charge >= 0.3 is 0 Å². The lowest BCUT2D eigenvalue weighted by molar-refractivity contribution is 0.322. The summed E-state index contributed by atoms with van der Waals surface area (Å²) in [6, 6.07) is 18.9. The van der Waals surface area contributed by atoms with Crippen molar-refractivity contribution in [2.45, 2.75) is 26.3 Å². The minimum atomic E-state index is 0.857. The summed E-state index contributed by atoms with van der Waals surface area (Å²) in [7, 11) is 0. The number of benzene rings is 2. The number of hydrogen-bond acceptors (Lipinski definition) is 3. The highest BCUT2D eigenvalue weighted by Crippen LogP contribution is 2.21. The fourth-order valence-electron chi connectivity index (χ4n) is 3.32. The van der Waals surface area contributed by atoms with Crippen molar-refractivity contribution in [2.75, 3.05) is 13.1 Å². The SMILES string of the molecule is Cc1nc(CN2CCCC2)nn1-c1ccc(-c2ccccc2)cc1. The molecule has 0 radical (unpaired) electrons. The van der Waals surface area contributed by atoms with Gasteiger partial charge in [-0.3, -0.25) is 4.90 Å². The van der Waals surface area contributed by atoms with Crippen LogP contribution >= 0.6 is 0 Å². The summed E-state index contributed by atoms with van der Waals surface area (Å²) >= 11 is 0. The van der Waals surface area contributed by atoms with Crippen molar-refractivity contribution >= 4 is 0 Å². The Hall–Kier alpha value is -2.46. The molecule has 0 atom stereocenters. The van der Waals surface area contributed by atoms with Crippen LogP contribution in [0.5, 0.6) is 0 Å². The summed E-state index contributed by atoms with van der Waals surface area (Å²) in [5, 5.41) is 4.71. The molecule has 24 heavy (non-hydrogen) atoms. The Morgan fingerprint density at radius 1 is 0.875 bits per heavy atom. The minimum Gasteiger partial charge on any atom is -0.296 e. The average molecular weight is 318 g/mol. The van der Waals surface area contributed by atoms with E-state index in [2.05, 4.69) is 58.4 Å². The van der Waals surface area contributed by atoms with Crippen LogP contribution < -0.4 is 0 Å². The predicted octanol–water partition coefficient (Wildman–Crippen LogP) is 3.84. The molecule has 4 heteroatoms. The molecule has 122 valence electrons. The predicted molar refractivity (Wildman–Crippen MR) is 96.0 cm³/mol.